The van der Waals surface area contributed by atoms with Gasteiger partial charge in [0.25, 0.3) is 5.56 Å². The number of carbonyl (C=O) groups excluding carboxylic acids is 3. The summed E-state index contributed by atoms with van der Waals surface area (Å²) in [5.41, 5.74) is 14.0. The van der Waals surface area contributed by atoms with Crippen molar-refractivity contribution < 1.29 is 44.1 Å². The molecule has 6 aromatic rings. The van der Waals surface area contributed by atoms with E-state index in [0.717, 1.165) is 84.3 Å². The lowest BCUT2D eigenvalue weighted by molar-refractivity contribution is -0.389. The number of anilines is 5. The van der Waals surface area contributed by atoms with Gasteiger partial charge in [0.05, 0.1) is 49.2 Å². The Morgan fingerprint density at radius 2 is 0.932 bits per heavy atom. The molecule has 5 fully saturated rings. The average Bonchev–Trinajstić information content (AvgIpc) is 1.11. The molecule has 1 atom stereocenters. The average molecular weight is 1700 g/mol. The highest BCUT2D eigenvalue weighted by molar-refractivity contribution is 14.0. The number of pyridine rings is 5. The zero-order valence-electron chi connectivity index (χ0n) is 58.8. The van der Waals surface area contributed by atoms with Crippen molar-refractivity contribution in [3.8, 4) is 0 Å². The van der Waals surface area contributed by atoms with Crippen LogP contribution in [0, 0.1) is 27.2 Å². The fourth-order valence-corrected chi connectivity index (χ4v) is 11.5. The molecule has 5 aliphatic rings. The van der Waals surface area contributed by atoms with Gasteiger partial charge in [-0.3, -0.25) is 13.6 Å². The maximum Gasteiger partial charge on any atom is 0.410 e. The fourth-order valence-electron chi connectivity index (χ4n) is 10.5. The molecule has 11 rings (SSSR count). The number of piperazine rings is 3. The van der Waals surface area contributed by atoms with Crippen molar-refractivity contribution in [3.63, 3.8) is 0 Å². The molecule has 30 nitrogen and oxygen atoms in total. The lowest BCUT2D eigenvalue weighted by Crippen LogP contribution is -2.50. The summed E-state index contributed by atoms with van der Waals surface area (Å²) in [6.07, 6.45) is 17.3. The Balaban J connectivity index is 0.000000637. The van der Waals surface area contributed by atoms with Crippen molar-refractivity contribution in [2.24, 2.45) is 0 Å². The maximum atomic E-state index is 12.7. The third-order valence-electron chi connectivity index (χ3n) is 15.5. The molecular formula is C69H109Br2IN18O12S. The molecule has 6 aromatic heterocycles. The van der Waals surface area contributed by atoms with Gasteiger partial charge >= 0.3 is 29.9 Å². The molecule has 1 unspecified atom stereocenters. The number of carbonyl (C=O) groups is 3. The summed E-state index contributed by atoms with van der Waals surface area (Å²) in [4.78, 5) is 104. The van der Waals surface area contributed by atoms with Gasteiger partial charge in [0, 0.05) is 116 Å². The second-order valence-corrected chi connectivity index (χ2v) is 29.7. The molecule has 4 saturated heterocycles. The zero-order valence-corrected chi connectivity index (χ0v) is 65.1. The molecule has 103 heavy (non-hydrogen) atoms. The van der Waals surface area contributed by atoms with Crippen molar-refractivity contribution in [2.45, 2.75) is 164 Å². The van der Waals surface area contributed by atoms with Gasteiger partial charge in [-0.25, -0.2) is 34.3 Å². The van der Waals surface area contributed by atoms with Crippen molar-refractivity contribution in [2.75, 3.05) is 124 Å². The molecular weight excluding hydrogens is 1590 g/mol. The second-order valence-electron chi connectivity index (χ2n) is 26.7. The van der Waals surface area contributed by atoms with E-state index in [4.69, 9.17) is 25.7 Å². The van der Waals surface area contributed by atoms with Gasteiger partial charge in [0.15, 0.2) is 12.4 Å². The van der Waals surface area contributed by atoms with Crippen LogP contribution in [0.2, 0.25) is 0 Å². The smallest absolute Gasteiger partial charge is 0.410 e. The van der Waals surface area contributed by atoms with Crippen LogP contribution in [0.5, 0.6) is 0 Å². The quantitative estimate of drug-likeness (QED) is 0.0439. The Hall–Kier alpha value is -7.70. The number of aromatic nitrogens is 7. The van der Waals surface area contributed by atoms with Gasteiger partial charge in [0.1, 0.15) is 34.1 Å². The first-order valence-corrected chi connectivity index (χ1v) is 35.9. The molecule has 34 heteroatoms. The summed E-state index contributed by atoms with van der Waals surface area (Å²) < 4.78 is 30.8. The first kappa shape index (κ1) is 91.4. The number of rotatable bonds is 7. The van der Waals surface area contributed by atoms with E-state index in [1.807, 2.05) is 86.3 Å². The summed E-state index contributed by atoms with van der Waals surface area (Å²) in [6.45, 7) is 29.2. The van der Waals surface area contributed by atoms with E-state index >= 15 is 0 Å². The summed E-state index contributed by atoms with van der Waals surface area (Å²) >= 11 is 6.51. The first-order chi connectivity index (χ1) is 46.7. The first-order valence-electron chi connectivity index (χ1n) is 32.8. The molecule has 0 radical (unpaired) electrons. The predicted octanol–water partition coefficient (Wildman–Crippen LogP) is 13.5. The van der Waals surface area contributed by atoms with E-state index in [2.05, 4.69) is 76.9 Å². The minimum atomic E-state index is -1.26. The Morgan fingerprint density at radius 3 is 1.22 bits per heavy atom. The van der Waals surface area contributed by atoms with E-state index in [0.29, 0.717) is 74.1 Å². The highest BCUT2D eigenvalue weighted by Gasteiger charge is 2.30. The van der Waals surface area contributed by atoms with Crippen LogP contribution in [0.15, 0.2) is 98.4 Å². The number of nitrogens with zero attached hydrogens (tertiary/aromatic N) is 15. The highest BCUT2D eigenvalue weighted by atomic mass is 127. The molecule has 0 bridgehead atoms. The van der Waals surface area contributed by atoms with Gasteiger partial charge in [-0.15, -0.1) is 24.0 Å². The van der Waals surface area contributed by atoms with E-state index in [1.165, 1.54) is 56.9 Å². The Kier molecular flexibility index (Phi) is 38.1. The molecule has 3 amide bonds. The van der Waals surface area contributed by atoms with E-state index in [-0.39, 0.29) is 94.4 Å². The Morgan fingerprint density at radius 1 is 0.563 bits per heavy atom. The van der Waals surface area contributed by atoms with Crippen LogP contribution in [-0.4, -0.2) is 196 Å². The summed E-state index contributed by atoms with van der Waals surface area (Å²) in [7, 11) is -1.26. The number of nitrogens with one attached hydrogen (secondary N) is 1. The third kappa shape index (κ3) is 30.1. The van der Waals surface area contributed by atoms with Crippen molar-refractivity contribution in [1.29, 1.82) is 0 Å². The molecule has 4 aliphatic heterocycles. The molecule has 0 spiro atoms. The van der Waals surface area contributed by atoms with Crippen LogP contribution in [0.3, 0.4) is 0 Å². The van der Waals surface area contributed by atoms with E-state index < -0.39 is 37.4 Å². The zero-order chi connectivity index (χ0) is 72.8. The minimum absolute atomic E-state index is 0. The number of aryl methyl sites for hydroxylation is 1. The lowest BCUT2D eigenvalue weighted by atomic mass is 10.1. The van der Waals surface area contributed by atoms with Crippen LogP contribution in [0.4, 0.5) is 54.7 Å². The largest absolute Gasteiger partial charge is 0.444 e. The number of fused-ring (bicyclic) bond motifs is 1. The van der Waals surface area contributed by atoms with E-state index in [1.54, 1.807) is 68.4 Å². The number of piperidine rings is 1. The molecule has 1 saturated carbocycles. The number of nitrogen functional groups attached to an aromatic ring is 2. The van der Waals surface area contributed by atoms with Gasteiger partial charge in [-0.2, -0.15) is 0 Å². The van der Waals surface area contributed by atoms with E-state index in [9.17, 15) is 43.6 Å². The molecule has 10 heterocycles. The highest BCUT2D eigenvalue weighted by Crippen LogP contribution is 2.33. The van der Waals surface area contributed by atoms with Crippen LogP contribution in [0.1, 0.15) is 143 Å². The van der Waals surface area contributed by atoms with Gasteiger partial charge < -0.3 is 80.6 Å². The normalized spacial score (nSPS) is 15.5. The predicted molar refractivity (Wildman–Crippen MR) is 427 cm³/mol. The SMILES string of the molecule is C.C.C.C1CCNCC1.CC(C)(C)OC(=O)N1CCN(c2ccc(N)nc2)CC1.CC(C)(C)OC(=O)N1CCN(c2ccc(N)nc2)CC1.CC(C)(C)OC(=O)N1CCN(c2ccc([N+](=O)[O-])nc2)CC1.Cc1c(Br)c(=O)n(C2CCCC2)c2nc(S(C)=O)ncc12.I.O=[N+]([O-])c1ccc(Br)cn1.[HH]. The van der Waals surface area contributed by atoms with Gasteiger partial charge in [-0.1, -0.05) is 41.5 Å². The molecule has 5 N–H and O–H groups in total. The van der Waals surface area contributed by atoms with Crippen LogP contribution in [0.25, 0.3) is 11.0 Å². The summed E-state index contributed by atoms with van der Waals surface area (Å²) in [5.74, 6) is 0.724. The van der Waals surface area contributed by atoms with Crippen molar-refractivity contribution in [1.82, 2.24) is 54.5 Å². The maximum absolute atomic E-state index is 12.7. The van der Waals surface area contributed by atoms with Crippen LogP contribution >= 0.6 is 55.8 Å². The van der Waals surface area contributed by atoms with Gasteiger partial charge in [-0.05, 0) is 202 Å². The number of nitro groups is 2. The van der Waals surface area contributed by atoms with Gasteiger partial charge in [0.2, 0.25) is 5.16 Å². The Labute approximate surface area is 643 Å². The third-order valence-corrected chi connectivity index (χ3v) is 17.6. The second kappa shape index (κ2) is 42.9. The van der Waals surface area contributed by atoms with Crippen molar-refractivity contribution >= 4 is 136 Å². The summed E-state index contributed by atoms with van der Waals surface area (Å²) in [5, 5.41) is 25.0. The number of halogens is 3. The monoisotopic (exact) mass is 1700 g/mol. The molecule has 0 aromatic carbocycles. The topological polar surface area (TPSA) is 365 Å². The lowest BCUT2D eigenvalue weighted by Gasteiger charge is -2.36. The number of nitrogens with two attached hydrogens (primary N) is 2. The number of amides is 3. The number of ether oxygens (including phenoxy) is 3. The van der Waals surface area contributed by atoms with Crippen LogP contribution < -0.4 is 37.0 Å². The molecule has 574 valence electrons. The number of hydrogen-bond donors (Lipinski definition) is 3. The van der Waals surface area contributed by atoms with Crippen molar-refractivity contribution in [3.05, 3.63) is 125 Å². The molecule has 1 aliphatic carbocycles. The summed E-state index contributed by atoms with van der Waals surface area (Å²) in [6, 6.07) is 13.6. The Bertz CT molecular complexity index is 3610. The van der Waals surface area contributed by atoms with Crippen LogP contribution in [-0.2, 0) is 25.0 Å². The minimum Gasteiger partial charge on any atom is -0.444 e. The fraction of sp³-hybridized carbons (Fsp3) is 0.565. The standard InChI is InChI=1S/C14H16BrN3O2S.C14H20N4O4.2C14H22N4O2.C5H3BrN2O2.C5H11N.3CH4.HI.H2/c1-8-10-7-16-14(21(2)20)17-12(10)18(13(19)11(8)15)9-5-3-4-6-9;1-14(2,3)22-13(19)17-8-6-16(7-9-17)11-4-5-12(15-10-11)18(20)21;2*1-14(2,3)20-13(19)18-8-6-17(7-9-18)11-4-5-12(15)16-10-11;6-4-1-2-5(7-3-4)8(9)10;1-2-4-6-5-3-1;;;;;/h7,9H,3-6H2,1-2H3;4-5,10H,6-9H2,1-3H3;2*4-5,10H,6-9H2,1-3H3,(H2,15,16);1-3H;6H,1-5H2;3*1H4;2*1H. The number of hydrogen-bond acceptors (Lipinski definition) is 24.